The number of pyridine rings is 1. The van der Waals surface area contributed by atoms with Crippen LogP contribution < -0.4 is 11.1 Å². The molecule has 6 heteroatoms. The van der Waals surface area contributed by atoms with Crippen LogP contribution in [0.25, 0.3) is 0 Å². The topological polar surface area (TPSA) is 97.5 Å². The second kappa shape index (κ2) is 7.58. The molecule has 0 saturated heterocycles. The fraction of sp³-hybridized carbons (Fsp3) is 0.538. The predicted octanol–water partition coefficient (Wildman–Crippen LogP) is 1.84. The van der Waals surface area contributed by atoms with Gasteiger partial charge >= 0.3 is 5.97 Å². The number of ether oxygens (including phenoxy) is 1. The molecule has 106 valence electrons. The van der Waals surface area contributed by atoms with Gasteiger partial charge in [0, 0.05) is 26.0 Å². The highest BCUT2D eigenvalue weighted by Crippen LogP contribution is 2.16. The maximum atomic E-state index is 10.7. The summed E-state index contributed by atoms with van der Waals surface area (Å²) >= 11 is 0. The van der Waals surface area contributed by atoms with Crippen LogP contribution in [0, 0.1) is 5.92 Å². The van der Waals surface area contributed by atoms with E-state index in [-0.39, 0.29) is 5.56 Å². The molecule has 0 atom stereocenters. The molecule has 0 amide bonds. The zero-order valence-electron chi connectivity index (χ0n) is 11.3. The molecular formula is C13H21N3O3. The number of nitrogens with two attached hydrogens (primary N) is 1. The van der Waals surface area contributed by atoms with Crippen LogP contribution in [0.15, 0.2) is 12.3 Å². The minimum atomic E-state index is -1.03. The molecule has 0 bridgehead atoms. The van der Waals surface area contributed by atoms with Crippen LogP contribution in [0.5, 0.6) is 0 Å². The van der Waals surface area contributed by atoms with Gasteiger partial charge in [0.15, 0.2) is 0 Å². The summed E-state index contributed by atoms with van der Waals surface area (Å²) in [6, 6.07) is 1.40. The third-order valence-electron chi connectivity index (χ3n) is 2.37. The lowest BCUT2D eigenvalue weighted by Crippen LogP contribution is -2.11. The Morgan fingerprint density at radius 3 is 2.89 bits per heavy atom. The van der Waals surface area contributed by atoms with Crippen molar-refractivity contribution in [2.45, 2.75) is 20.3 Å². The number of hydrogen-bond acceptors (Lipinski definition) is 5. The second-order valence-corrected chi connectivity index (χ2v) is 4.72. The van der Waals surface area contributed by atoms with Crippen molar-refractivity contribution in [1.82, 2.24) is 4.98 Å². The predicted molar refractivity (Wildman–Crippen MR) is 74.4 cm³/mol. The summed E-state index contributed by atoms with van der Waals surface area (Å²) in [7, 11) is 0. The molecule has 6 nitrogen and oxygen atoms in total. The van der Waals surface area contributed by atoms with Crippen molar-refractivity contribution in [3.05, 3.63) is 17.8 Å². The molecule has 0 aliphatic rings. The lowest BCUT2D eigenvalue weighted by Gasteiger charge is -2.09. The molecule has 1 rings (SSSR count). The van der Waals surface area contributed by atoms with Crippen molar-refractivity contribution in [2.24, 2.45) is 5.92 Å². The maximum absolute atomic E-state index is 10.7. The van der Waals surface area contributed by atoms with Gasteiger partial charge in [-0.2, -0.15) is 0 Å². The smallest absolute Gasteiger partial charge is 0.337 e. The Hall–Kier alpha value is -1.82. The SMILES string of the molecule is CC(C)COCCCNc1ncc(C(=O)O)cc1N. The molecule has 1 aromatic heterocycles. The van der Waals surface area contributed by atoms with Gasteiger partial charge in [0.1, 0.15) is 5.82 Å². The van der Waals surface area contributed by atoms with Gasteiger partial charge in [0.05, 0.1) is 11.3 Å². The number of nitrogens with one attached hydrogen (secondary N) is 1. The molecule has 0 aliphatic heterocycles. The Bertz CT molecular complexity index is 422. The van der Waals surface area contributed by atoms with Gasteiger partial charge in [-0.3, -0.25) is 0 Å². The number of carboxylic acids is 1. The van der Waals surface area contributed by atoms with E-state index in [9.17, 15) is 4.79 Å². The third-order valence-corrected chi connectivity index (χ3v) is 2.37. The average molecular weight is 267 g/mol. The van der Waals surface area contributed by atoms with Crippen LogP contribution in [0.3, 0.4) is 0 Å². The minimum Gasteiger partial charge on any atom is -0.478 e. The first-order chi connectivity index (χ1) is 9.00. The van der Waals surface area contributed by atoms with E-state index in [0.29, 0.717) is 30.6 Å². The quantitative estimate of drug-likeness (QED) is 0.622. The van der Waals surface area contributed by atoms with Crippen molar-refractivity contribution < 1.29 is 14.6 Å². The van der Waals surface area contributed by atoms with E-state index in [1.165, 1.54) is 12.3 Å². The van der Waals surface area contributed by atoms with Crippen LogP contribution >= 0.6 is 0 Å². The van der Waals surface area contributed by atoms with Gasteiger partial charge in [-0.05, 0) is 18.4 Å². The highest BCUT2D eigenvalue weighted by molar-refractivity contribution is 5.89. The summed E-state index contributed by atoms with van der Waals surface area (Å²) in [6.45, 7) is 6.33. The molecule has 4 N–H and O–H groups in total. The monoisotopic (exact) mass is 267 g/mol. The zero-order chi connectivity index (χ0) is 14.3. The van der Waals surface area contributed by atoms with E-state index >= 15 is 0 Å². The van der Waals surface area contributed by atoms with Crippen molar-refractivity contribution >= 4 is 17.5 Å². The standard InChI is InChI=1S/C13H21N3O3/c1-9(2)8-19-5-3-4-15-12-11(14)6-10(7-16-12)13(17)18/h6-7,9H,3-5,8,14H2,1-2H3,(H,15,16)(H,17,18). The van der Waals surface area contributed by atoms with Crippen LogP contribution in [-0.2, 0) is 4.74 Å². The van der Waals surface area contributed by atoms with Crippen molar-refractivity contribution in [3.8, 4) is 0 Å². The first kappa shape index (κ1) is 15.2. The fourth-order valence-corrected chi connectivity index (χ4v) is 1.45. The molecule has 1 heterocycles. The number of anilines is 2. The summed E-state index contributed by atoms with van der Waals surface area (Å²) in [5.74, 6) is 0.00975. The first-order valence-electron chi connectivity index (χ1n) is 6.31. The second-order valence-electron chi connectivity index (χ2n) is 4.72. The van der Waals surface area contributed by atoms with Crippen LogP contribution in [0.2, 0.25) is 0 Å². The number of nitrogen functional groups attached to an aromatic ring is 1. The zero-order valence-corrected chi connectivity index (χ0v) is 11.3. The maximum Gasteiger partial charge on any atom is 0.337 e. The lowest BCUT2D eigenvalue weighted by atomic mass is 10.2. The molecule has 0 saturated carbocycles. The van der Waals surface area contributed by atoms with E-state index in [1.54, 1.807) is 0 Å². The van der Waals surface area contributed by atoms with E-state index in [2.05, 4.69) is 24.1 Å². The van der Waals surface area contributed by atoms with E-state index in [4.69, 9.17) is 15.6 Å². The Labute approximate surface area is 113 Å². The largest absolute Gasteiger partial charge is 0.478 e. The summed E-state index contributed by atoms with van der Waals surface area (Å²) < 4.78 is 5.44. The molecular weight excluding hydrogens is 246 g/mol. The summed E-state index contributed by atoms with van der Waals surface area (Å²) in [6.07, 6.45) is 2.13. The van der Waals surface area contributed by atoms with Gasteiger partial charge < -0.3 is 20.9 Å². The van der Waals surface area contributed by atoms with Gasteiger partial charge in [-0.25, -0.2) is 9.78 Å². The van der Waals surface area contributed by atoms with E-state index < -0.39 is 5.97 Å². The minimum absolute atomic E-state index is 0.0864. The highest BCUT2D eigenvalue weighted by atomic mass is 16.5. The van der Waals surface area contributed by atoms with Gasteiger partial charge in [0.25, 0.3) is 0 Å². The van der Waals surface area contributed by atoms with Gasteiger partial charge in [0.2, 0.25) is 0 Å². The molecule has 0 aromatic carbocycles. The summed E-state index contributed by atoms with van der Waals surface area (Å²) in [4.78, 5) is 14.7. The number of hydrogen-bond donors (Lipinski definition) is 3. The Balaban J connectivity index is 2.32. The average Bonchev–Trinajstić information content (AvgIpc) is 2.34. The number of aromatic carboxylic acids is 1. The summed E-state index contributed by atoms with van der Waals surface area (Å²) in [5.41, 5.74) is 6.14. The number of carbonyl (C=O) groups is 1. The number of rotatable bonds is 8. The Morgan fingerprint density at radius 2 is 2.32 bits per heavy atom. The number of nitrogens with zero attached hydrogens (tertiary/aromatic N) is 1. The van der Waals surface area contributed by atoms with Crippen LogP contribution in [0.4, 0.5) is 11.5 Å². The van der Waals surface area contributed by atoms with Crippen LogP contribution in [0.1, 0.15) is 30.6 Å². The summed E-state index contributed by atoms with van der Waals surface area (Å²) in [5, 5.41) is 11.8. The van der Waals surface area contributed by atoms with Crippen molar-refractivity contribution in [1.29, 1.82) is 0 Å². The normalized spacial score (nSPS) is 10.7. The number of carboxylic acid groups (broad SMARTS) is 1. The van der Waals surface area contributed by atoms with Crippen molar-refractivity contribution in [2.75, 3.05) is 30.8 Å². The van der Waals surface area contributed by atoms with E-state index in [1.807, 2.05) is 0 Å². The Kier molecular flexibility index (Phi) is 6.08. The van der Waals surface area contributed by atoms with Gasteiger partial charge in [-0.1, -0.05) is 13.8 Å². The third kappa shape index (κ3) is 5.56. The lowest BCUT2D eigenvalue weighted by molar-refractivity contribution is 0.0696. The fourth-order valence-electron chi connectivity index (χ4n) is 1.45. The molecule has 19 heavy (non-hydrogen) atoms. The highest BCUT2D eigenvalue weighted by Gasteiger charge is 2.07. The number of aromatic nitrogens is 1. The molecule has 0 fully saturated rings. The molecule has 0 aliphatic carbocycles. The molecule has 0 radical (unpaired) electrons. The first-order valence-corrected chi connectivity index (χ1v) is 6.31. The molecule has 0 unspecified atom stereocenters. The van der Waals surface area contributed by atoms with Crippen LogP contribution in [-0.4, -0.2) is 35.8 Å². The van der Waals surface area contributed by atoms with Gasteiger partial charge in [-0.15, -0.1) is 0 Å². The molecule has 0 spiro atoms. The van der Waals surface area contributed by atoms with Crippen molar-refractivity contribution in [3.63, 3.8) is 0 Å². The van der Waals surface area contributed by atoms with E-state index in [0.717, 1.165) is 13.0 Å². The molecule has 1 aromatic rings. The Morgan fingerprint density at radius 1 is 1.58 bits per heavy atom.